The maximum atomic E-state index is 14.2. The first kappa shape index (κ1) is 13.7. The monoisotopic (exact) mass is 292 g/mol. The summed E-state index contributed by atoms with van der Waals surface area (Å²) in [5, 5.41) is 13.2. The third-order valence-electron chi connectivity index (χ3n) is 3.83. The second-order valence-corrected chi connectivity index (χ2v) is 5.12. The number of amides is 1. The van der Waals surface area contributed by atoms with Crippen molar-refractivity contribution < 1.29 is 14.3 Å². The van der Waals surface area contributed by atoms with E-state index in [4.69, 9.17) is 5.11 Å². The van der Waals surface area contributed by atoms with Gasteiger partial charge in [-0.1, -0.05) is 6.92 Å². The van der Waals surface area contributed by atoms with Gasteiger partial charge in [0.2, 0.25) is 0 Å². The zero-order chi connectivity index (χ0) is 15.0. The number of nitrogens with zero attached hydrogens (tertiary/aromatic N) is 4. The van der Waals surface area contributed by atoms with Crippen LogP contribution in [0.5, 0.6) is 0 Å². The zero-order valence-corrected chi connectivity index (χ0v) is 11.8. The summed E-state index contributed by atoms with van der Waals surface area (Å²) in [6.45, 7) is 3.77. The molecule has 1 aliphatic heterocycles. The standard InChI is InChI=1S/C14H17FN4O2/c1-2-10-7-11-8-13(12(15)9-19(11)16-10)17-3-5-18(6-4-17)14(20)21/h7-9H,2-6H2,1H3,(H,20,21). The lowest BCUT2D eigenvalue weighted by molar-refractivity contribution is 0.142. The van der Waals surface area contributed by atoms with E-state index >= 15 is 0 Å². The molecular weight excluding hydrogens is 275 g/mol. The van der Waals surface area contributed by atoms with E-state index in [-0.39, 0.29) is 5.82 Å². The van der Waals surface area contributed by atoms with Crippen LogP contribution in [0.4, 0.5) is 14.9 Å². The molecule has 112 valence electrons. The predicted octanol–water partition coefficient (Wildman–Crippen LogP) is 1.84. The molecule has 0 radical (unpaired) electrons. The second kappa shape index (κ2) is 5.23. The van der Waals surface area contributed by atoms with Gasteiger partial charge in [0, 0.05) is 26.2 Å². The molecule has 7 heteroatoms. The average Bonchev–Trinajstić information content (AvgIpc) is 2.88. The highest BCUT2D eigenvalue weighted by molar-refractivity contribution is 5.66. The van der Waals surface area contributed by atoms with Crippen molar-refractivity contribution in [1.29, 1.82) is 0 Å². The Hall–Kier alpha value is -2.31. The van der Waals surface area contributed by atoms with Crippen molar-refractivity contribution in [3.8, 4) is 0 Å². The Morgan fingerprint density at radius 1 is 1.33 bits per heavy atom. The Balaban J connectivity index is 1.87. The van der Waals surface area contributed by atoms with Crippen LogP contribution < -0.4 is 4.90 Å². The van der Waals surface area contributed by atoms with Crippen molar-refractivity contribution in [1.82, 2.24) is 14.5 Å². The number of pyridine rings is 1. The minimum atomic E-state index is -0.922. The van der Waals surface area contributed by atoms with Crippen LogP contribution in [-0.4, -0.2) is 51.9 Å². The molecule has 1 saturated heterocycles. The Kier molecular flexibility index (Phi) is 3.40. The number of halogens is 1. The van der Waals surface area contributed by atoms with Gasteiger partial charge in [-0.25, -0.2) is 13.7 Å². The molecule has 2 aromatic rings. The largest absolute Gasteiger partial charge is 0.465 e. The lowest BCUT2D eigenvalue weighted by Crippen LogP contribution is -2.48. The smallest absolute Gasteiger partial charge is 0.407 e. The summed E-state index contributed by atoms with van der Waals surface area (Å²) in [5.41, 5.74) is 2.28. The van der Waals surface area contributed by atoms with E-state index in [1.807, 2.05) is 17.9 Å². The Morgan fingerprint density at radius 2 is 2.05 bits per heavy atom. The van der Waals surface area contributed by atoms with Gasteiger partial charge in [-0.05, 0) is 18.6 Å². The minimum absolute atomic E-state index is 0.336. The van der Waals surface area contributed by atoms with Crippen molar-refractivity contribution in [3.63, 3.8) is 0 Å². The molecule has 21 heavy (non-hydrogen) atoms. The number of aromatic nitrogens is 2. The molecule has 1 aliphatic rings. The van der Waals surface area contributed by atoms with Gasteiger partial charge in [-0.3, -0.25) is 0 Å². The molecule has 3 heterocycles. The van der Waals surface area contributed by atoms with Gasteiger partial charge in [-0.2, -0.15) is 5.10 Å². The van der Waals surface area contributed by atoms with Crippen LogP contribution in [0, 0.1) is 5.82 Å². The third kappa shape index (κ3) is 2.51. The fraction of sp³-hybridized carbons (Fsp3) is 0.429. The van der Waals surface area contributed by atoms with E-state index < -0.39 is 6.09 Å². The number of carbonyl (C=O) groups is 1. The van der Waals surface area contributed by atoms with Gasteiger partial charge in [0.05, 0.1) is 23.1 Å². The van der Waals surface area contributed by atoms with Crippen molar-refractivity contribution in [3.05, 3.63) is 29.8 Å². The summed E-state index contributed by atoms with van der Waals surface area (Å²) in [5.74, 6) is -0.336. The fourth-order valence-electron chi connectivity index (χ4n) is 2.61. The van der Waals surface area contributed by atoms with Gasteiger partial charge in [0.1, 0.15) is 0 Å². The van der Waals surface area contributed by atoms with Crippen LogP contribution in [0.25, 0.3) is 5.52 Å². The van der Waals surface area contributed by atoms with Gasteiger partial charge >= 0.3 is 6.09 Å². The van der Waals surface area contributed by atoms with Crippen LogP contribution in [0.2, 0.25) is 0 Å². The quantitative estimate of drug-likeness (QED) is 0.917. The molecule has 6 nitrogen and oxygen atoms in total. The number of hydrogen-bond acceptors (Lipinski definition) is 3. The topological polar surface area (TPSA) is 61.1 Å². The number of anilines is 1. The summed E-state index contributed by atoms with van der Waals surface area (Å²) < 4.78 is 15.8. The molecule has 1 fully saturated rings. The maximum absolute atomic E-state index is 14.2. The highest BCUT2D eigenvalue weighted by Gasteiger charge is 2.22. The van der Waals surface area contributed by atoms with Crippen LogP contribution in [0.1, 0.15) is 12.6 Å². The van der Waals surface area contributed by atoms with E-state index in [1.165, 1.54) is 11.1 Å². The SMILES string of the molecule is CCc1cc2cc(N3CCN(C(=O)O)CC3)c(F)cn2n1. The van der Waals surface area contributed by atoms with Crippen molar-refractivity contribution in [2.75, 3.05) is 31.1 Å². The highest BCUT2D eigenvalue weighted by atomic mass is 19.1. The number of rotatable bonds is 2. The Bertz CT molecular complexity index is 677. The second-order valence-electron chi connectivity index (χ2n) is 5.12. The molecule has 1 N–H and O–H groups in total. The molecule has 0 aliphatic carbocycles. The first-order chi connectivity index (χ1) is 10.1. The summed E-state index contributed by atoms with van der Waals surface area (Å²) in [4.78, 5) is 14.1. The summed E-state index contributed by atoms with van der Waals surface area (Å²) in [7, 11) is 0. The molecule has 0 aromatic carbocycles. The van der Waals surface area contributed by atoms with E-state index in [0.717, 1.165) is 17.6 Å². The molecule has 3 rings (SSSR count). The van der Waals surface area contributed by atoms with Crippen LogP contribution in [0.15, 0.2) is 18.3 Å². The van der Waals surface area contributed by atoms with Gasteiger partial charge in [0.15, 0.2) is 5.82 Å². The van der Waals surface area contributed by atoms with E-state index in [0.29, 0.717) is 31.9 Å². The van der Waals surface area contributed by atoms with Crippen molar-refractivity contribution >= 4 is 17.3 Å². The number of hydrogen-bond donors (Lipinski definition) is 1. The molecule has 0 atom stereocenters. The fourth-order valence-corrected chi connectivity index (χ4v) is 2.61. The first-order valence-corrected chi connectivity index (χ1v) is 6.99. The Morgan fingerprint density at radius 3 is 2.67 bits per heavy atom. The van der Waals surface area contributed by atoms with Crippen LogP contribution in [0.3, 0.4) is 0 Å². The van der Waals surface area contributed by atoms with E-state index in [9.17, 15) is 9.18 Å². The molecule has 2 aromatic heterocycles. The van der Waals surface area contributed by atoms with Gasteiger partial charge < -0.3 is 14.9 Å². The molecular formula is C14H17FN4O2. The van der Waals surface area contributed by atoms with Gasteiger partial charge in [-0.15, -0.1) is 0 Å². The normalized spacial score (nSPS) is 15.7. The molecule has 0 unspecified atom stereocenters. The average molecular weight is 292 g/mol. The summed E-state index contributed by atoms with van der Waals surface area (Å²) in [6.07, 6.45) is 1.26. The summed E-state index contributed by atoms with van der Waals surface area (Å²) >= 11 is 0. The molecule has 0 bridgehead atoms. The van der Waals surface area contributed by atoms with Crippen molar-refractivity contribution in [2.24, 2.45) is 0 Å². The van der Waals surface area contributed by atoms with Gasteiger partial charge in [0.25, 0.3) is 0 Å². The van der Waals surface area contributed by atoms with Crippen LogP contribution >= 0.6 is 0 Å². The Labute approximate surface area is 121 Å². The number of piperazine rings is 1. The molecule has 0 saturated carbocycles. The number of fused-ring (bicyclic) bond motifs is 1. The molecule has 0 spiro atoms. The summed E-state index contributed by atoms with van der Waals surface area (Å²) in [6, 6.07) is 3.72. The minimum Gasteiger partial charge on any atom is -0.465 e. The highest BCUT2D eigenvalue weighted by Crippen LogP contribution is 2.23. The van der Waals surface area contributed by atoms with Crippen molar-refractivity contribution in [2.45, 2.75) is 13.3 Å². The first-order valence-electron chi connectivity index (χ1n) is 6.99. The predicted molar refractivity (Wildman–Crippen MR) is 76.3 cm³/mol. The number of carboxylic acid groups (broad SMARTS) is 1. The van der Waals surface area contributed by atoms with Crippen LogP contribution in [-0.2, 0) is 6.42 Å². The van der Waals surface area contributed by atoms with E-state index in [2.05, 4.69) is 5.10 Å². The third-order valence-corrected chi connectivity index (χ3v) is 3.83. The van der Waals surface area contributed by atoms with E-state index in [1.54, 1.807) is 10.6 Å². The lowest BCUT2D eigenvalue weighted by Gasteiger charge is -2.34. The number of aryl methyl sites for hydroxylation is 1. The lowest BCUT2D eigenvalue weighted by atomic mass is 10.2. The zero-order valence-electron chi connectivity index (χ0n) is 11.8. The molecule has 1 amide bonds. The maximum Gasteiger partial charge on any atom is 0.407 e.